The van der Waals surface area contributed by atoms with Gasteiger partial charge >= 0.3 is 0 Å². The zero-order valence-corrected chi connectivity index (χ0v) is 18.3. The lowest BCUT2D eigenvalue weighted by Crippen LogP contribution is -2.40. The number of benzene rings is 1. The predicted molar refractivity (Wildman–Crippen MR) is 115 cm³/mol. The minimum absolute atomic E-state index is 0.501. The van der Waals surface area contributed by atoms with Crippen molar-refractivity contribution in [1.29, 1.82) is 0 Å². The number of aryl methyl sites for hydroxylation is 1. The average Bonchev–Trinajstić information content (AvgIpc) is 2.66. The van der Waals surface area contributed by atoms with Gasteiger partial charge in [-0.3, -0.25) is 0 Å². The van der Waals surface area contributed by atoms with Crippen LogP contribution < -0.4 is 0 Å². The van der Waals surface area contributed by atoms with Crippen LogP contribution >= 0.6 is 0 Å². The van der Waals surface area contributed by atoms with Crippen LogP contribution in [0.5, 0.6) is 0 Å². The van der Waals surface area contributed by atoms with E-state index in [9.17, 15) is 8.42 Å². The maximum absolute atomic E-state index is 12.5. The van der Waals surface area contributed by atoms with Gasteiger partial charge in [0.05, 0.1) is 0 Å². The molecule has 0 amide bonds. The van der Waals surface area contributed by atoms with Crippen LogP contribution in [0.2, 0.25) is 0 Å². The molecule has 5 heteroatoms. The third kappa shape index (κ3) is 5.66. The second-order valence-electron chi connectivity index (χ2n) is 7.35. The molecular weight excluding hydrogens is 356 g/mol. The summed E-state index contributed by atoms with van der Waals surface area (Å²) in [6, 6.07) is 6.87. The smallest absolute Gasteiger partial charge is 0.236 e. The van der Waals surface area contributed by atoms with Crippen molar-refractivity contribution in [2.75, 3.05) is 26.2 Å². The van der Waals surface area contributed by atoms with Gasteiger partial charge in [0.25, 0.3) is 0 Å². The summed E-state index contributed by atoms with van der Waals surface area (Å²) < 4.78 is 26.5. The molecule has 0 N–H and O–H groups in total. The van der Waals surface area contributed by atoms with E-state index in [4.69, 9.17) is 0 Å². The van der Waals surface area contributed by atoms with Crippen LogP contribution in [0.25, 0.3) is 6.08 Å². The largest absolute Gasteiger partial charge is 0.300 e. The van der Waals surface area contributed by atoms with Gasteiger partial charge in [-0.05, 0) is 68.0 Å². The van der Waals surface area contributed by atoms with Gasteiger partial charge in [-0.25, -0.2) is 8.42 Å². The lowest BCUT2D eigenvalue weighted by Gasteiger charge is -2.35. The van der Waals surface area contributed by atoms with Gasteiger partial charge in [-0.1, -0.05) is 45.9 Å². The molecule has 1 aliphatic rings. The Balaban J connectivity index is 2.26. The number of sulfonamides is 1. The van der Waals surface area contributed by atoms with Crippen LogP contribution in [0.1, 0.15) is 63.6 Å². The van der Waals surface area contributed by atoms with Crippen molar-refractivity contribution in [3.05, 3.63) is 40.3 Å². The Morgan fingerprint density at radius 1 is 1.07 bits per heavy atom. The van der Waals surface area contributed by atoms with Crippen LogP contribution in [0.4, 0.5) is 0 Å². The van der Waals surface area contributed by atoms with E-state index in [0.29, 0.717) is 19.1 Å². The summed E-state index contributed by atoms with van der Waals surface area (Å²) >= 11 is 0. The Hall–Kier alpha value is -1.17. The summed E-state index contributed by atoms with van der Waals surface area (Å²) in [4.78, 5) is 2.62. The van der Waals surface area contributed by atoms with Crippen molar-refractivity contribution in [1.82, 2.24) is 9.21 Å². The lowest BCUT2D eigenvalue weighted by atomic mass is 9.84. The fourth-order valence-corrected chi connectivity index (χ4v) is 5.36. The van der Waals surface area contributed by atoms with Crippen molar-refractivity contribution in [3.63, 3.8) is 0 Å². The van der Waals surface area contributed by atoms with E-state index in [1.807, 2.05) is 13.8 Å². The van der Waals surface area contributed by atoms with E-state index in [-0.39, 0.29) is 0 Å². The van der Waals surface area contributed by atoms with Crippen molar-refractivity contribution in [2.24, 2.45) is 0 Å². The Morgan fingerprint density at radius 3 is 2.33 bits per heavy atom. The van der Waals surface area contributed by atoms with E-state index in [1.54, 1.807) is 6.08 Å². The quantitative estimate of drug-likeness (QED) is 0.596. The standard InChI is InChI=1S/C22H36N2O2S/c1-5-15-23(16-6-2)21-13-12-19-10-9-11-20(22(19)18-21)14-17-27(25,26)24(7-3)8-4/h9-11,14,17,21H,5-8,12-13,15-16,18H2,1-4H3/b17-14+. The molecule has 1 aromatic rings. The van der Waals surface area contributed by atoms with Crippen molar-refractivity contribution < 1.29 is 8.42 Å². The molecule has 0 bridgehead atoms. The second kappa shape index (κ2) is 10.4. The van der Waals surface area contributed by atoms with Gasteiger partial charge in [0.2, 0.25) is 10.0 Å². The summed E-state index contributed by atoms with van der Waals surface area (Å²) in [6.07, 6.45) is 7.44. The first kappa shape index (κ1) is 22.1. The van der Waals surface area contributed by atoms with Crippen LogP contribution in [-0.2, 0) is 22.9 Å². The Bertz CT molecular complexity index is 718. The molecule has 2 rings (SSSR count). The van der Waals surface area contributed by atoms with Crippen molar-refractivity contribution in [2.45, 2.75) is 65.8 Å². The molecule has 1 aromatic carbocycles. The zero-order valence-electron chi connectivity index (χ0n) is 17.4. The molecule has 0 spiro atoms. The topological polar surface area (TPSA) is 40.6 Å². The second-order valence-corrected chi connectivity index (χ2v) is 9.17. The molecular formula is C22H36N2O2S. The zero-order chi connectivity index (χ0) is 19.9. The first-order valence-electron chi connectivity index (χ1n) is 10.5. The van der Waals surface area contributed by atoms with Gasteiger partial charge < -0.3 is 4.90 Å². The highest BCUT2D eigenvalue weighted by atomic mass is 32.2. The van der Waals surface area contributed by atoms with E-state index >= 15 is 0 Å². The van der Waals surface area contributed by atoms with Gasteiger partial charge in [0.15, 0.2) is 0 Å². The molecule has 0 saturated carbocycles. The molecule has 0 saturated heterocycles. The molecule has 1 unspecified atom stereocenters. The molecule has 0 radical (unpaired) electrons. The minimum Gasteiger partial charge on any atom is -0.300 e. The highest BCUT2D eigenvalue weighted by Crippen LogP contribution is 2.28. The minimum atomic E-state index is -3.35. The fraction of sp³-hybridized carbons (Fsp3) is 0.636. The highest BCUT2D eigenvalue weighted by molar-refractivity contribution is 7.92. The average molecular weight is 393 g/mol. The maximum atomic E-state index is 12.5. The normalized spacial score (nSPS) is 17.8. The predicted octanol–water partition coefficient (Wildman–Crippen LogP) is 4.31. The summed E-state index contributed by atoms with van der Waals surface area (Å²) in [5, 5.41) is 1.38. The molecule has 1 atom stereocenters. The molecule has 152 valence electrons. The molecule has 0 heterocycles. The van der Waals surface area contributed by atoms with E-state index in [2.05, 4.69) is 36.9 Å². The third-order valence-electron chi connectivity index (χ3n) is 5.52. The van der Waals surface area contributed by atoms with Gasteiger partial charge in [-0.2, -0.15) is 4.31 Å². The van der Waals surface area contributed by atoms with E-state index in [1.165, 1.54) is 40.1 Å². The van der Waals surface area contributed by atoms with Crippen LogP contribution in [0, 0.1) is 0 Å². The summed E-state index contributed by atoms with van der Waals surface area (Å²) in [7, 11) is -3.35. The number of fused-ring (bicyclic) bond motifs is 1. The van der Waals surface area contributed by atoms with Crippen molar-refractivity contribution >= 4 is 16.1 Å². The fourth-order valence-electron chi connectivity index (χ4n) is 4.15. The molecule has 0 aromatic heterocycles. The van der Waals surface area contributed by atoms with Crippen LogP contribution in [0.15, 0.2) is 23.6 Å². The Morgan fingerprint density at radius 2 is 1.74 bits per heavy atom. The summed E-state index contributed by atoms with van der Waals surface area (Å²) in [5.74, 6) is 0. The summed E-state index contributed by atoms with van der Waals surface area (Å²) in [6.45, 7) is 11.5. The van der Waals surface area contributed by atoms with E-state index in [0.717, 1.165) is 31.5 Å². The van der Waals surface area contributed by atoms with Crippen LogP contribution in [0.3, 0.4) is 0 Å². The number of hydrogen-bond acceptors (Lipinski definition) is 3. The molecule has 4 nitrogen and oxygen atoms in total. The molecule has 27 heavy (non-hydrogen) atoms. The lowest BCUT2D eigenvalue weighted by molar-refractivity contribution is 0.180. The first-order chi connectivity index (χ1) is 13.0. The Labute approximate surface area is 166 Å². The van der Waals surface area contributed by atoms with Crippen molar-refractivity contribution in [3.8, 4) is 0 Å². The molecule has 0 fully saturated rings. The number of nitrogens with zero attached hydrogens (tertiary/aromatic N) is 2. The molecule has 1 aliphatic carbocycles. The monoisotopic (exact) mass is 392 g/mol. The van der Waals surface area contributed by atoms with E-state index < -0.39 is 10.0 Å². The first-order valence-corrected chi connectivity index (χ1v) is 12.0. The third-order valence-corrected chi connectivity index (χ3v) is 7.24. The highest BCUT2D eigenvalue weighted by Gasteiger charge is 2.25. The SMILES string of the molecule is CCCN(CCC)C1CCc2cccc(/C=C/S(=O)(=O)N(CC)CC)c2C1. The molecule has 0 aliphatic heterocycles. The Kier molecular flexibility index (Phi) is 8.52. The van der Waals surface area contributed by atoms with Gasteiger partial charge in [0.1, 0.15) is 0 Å². The van der Waals surface area contributed by atoms with Gasteiger partial charge in [-0.15, -0.1) is 0 Å². The number of rotatable bonds is 10. The number of hydrogen-bond donors (Lipinski definition) is 0. The summed E-state index contributed by atoms with van der Waals surface area (Å²) in [5.41, 5.74) is 3.76. The van der Waals surface area contributed by atoms with Gasteiger partial charge in [0, 0.05) is 24.5 Å². The maximum Gasteiger partial charge on any atom is 0.236 e. The van der Waals surface area contributed by atoms with Crippen LogP contribution in [-0.4, -0.2) is 49.8 Å².